The number of benzene rings is 1. The molecule has 0 fully saturated rings. The molecular weight excluding hydrogens is 309 g/mol. The first-order chi connectivity index (χ1) is 9.90. The lowest BCUT2D eigenvalue weighted by molar-refractivity contribution is 0.0742. The first-order valence-electron chi connectivity index (χ1n) is 6.34. The molecule has 21 heavy (non-hydrogen) atoms. The van der Waals surface area contributed by atoms with Crippen LogP contribution in [0, 0.1) is 0 Å². The van der Waals surface area contributed by atoms with Crippen LogP contribution in [0.25, 0.3) is 0 Å². The first-order valence-corrected chi connectivity index (χ1v) is 7.09. The van der Waals surface area contributed by atoms with Crippen LogP contribution in [-0.2, 0) is 0 Å². The molecule has 0 aliphatic rings. The van der Waals surface area contributed by atoms with Gasteiger partial charge in [0, 0.05) is 12.1 Å². The number of anilines is 1. The maximum atomic E-state index is 12.5. The first kappa shape index (κ1) is 15.6. The van der Waals surface area contributed by atoms with Crippen molar-refractivity contribution in [3.8, 4) is 0 Å². The van der Waals surface area contributed by atoms with Gasteiger partial charge in [-0.05, 0) is 30.7 Å². The van der Waals surface area contributed by atoms with Gasteiger partial charge in [-0.25, -0.2) is 4.98 Å². The quantitative estimate of drug-likeness (QED) is 0.874. The Morgan fingerprint density at radius 1 is 1.29 bits per heavy atom. The van der Waals surface area contributed by atoms with Crippen molar-refractivity contribution in [3.63, 3.8) is 0 Å². The Balaban J connectivity index is 2.26. The minimum absolute atomic E-state index is 0.132. The number of aromatic nitrogens is 1. The lowest BCUT2D eigenvalue weighted by atomic mass is 10.1. The van der Waals surface area contributed by atoms with E-state index in [4.69, 9.17) is 28.9 Å². The lowest BCUT2D eigenvalue weighted by Gasteiger charge is -2.25. The van der Waals surface area contributed by atoms with Gasteiger partial charge in [-0.3, -0.25) is 4.79 Å². The molecule has 0 spiro atoms. The molecule has 1 aromatic heterocycles. The summed E-state index contributed by atoms with van der Waals surface area (Å²) in [5.41, 5.74) is 7.33. The van der Waals surface area contributed by atoms with Gasteiger partial charge in [0.05, 0.1) is 23.5 Å². The summed E-state index contributed by atoms with van der Waals surface area (Å²) in [4.78, 5) is 18.0. The minimum atomic E-state index is -0.234. The van der Waals surface area contributed by atoms with Crippen molar-refractivity contribution in [3.05, 3.63) is 57.8 Å². The molecule has 110 valence electrons. The number of nitrogens with two attached hydrogens (primary N) is 1. The van der Waals surface area contributed by atoms with Crippen molar-refractivity contribution in [1.82, 2.24) is 9.88 Å². The van der Waals surface area contributed by atoms with Crippen LogP contribution in [0.3, 0.4) is 0 Å². The Morgan fingerprint density at radius 2 is 1.90 bits per heavy atom. The molecule has 4 nitrogen and oxygen atoms in total. The number of amides is 1. The molecule has 0 bridgehead atoms. The summed E-state index contributed by atoms with van der Waals surface area (Å²) < 4.78 is 0. The molecule has 6 heteroatoms. The summed E-state index contributed by atoms with van der Waals surface area (Å²) >= 11 is 11.8. The Labute approximate surface area is 133 Å². The topological polar surface area (TPSA) is 59.2 Å². The third-order valence-corrected chi connectivity index (χ3v) is 3.90. The summed E-state index contributed by atoms with van der Waals surface area (Å²) in [6, 6.07) is 8.75. The van der Waals surface area contributed by atoms with Crippen molar-refractivity contribution >= 4 is 34.8 Å². The number of carbonyl (C=O) groups is 1. The largest absolute Gasteiger partial charge is 0.397 e. The SMILES string of the molecule is CC(c1ccc(Cl)cc1)N(C)C(=O)c1cc(N)cnc1Cl. The fourth-order valence-electron chi connectivity index (χ4n) is 1.94. The normalized spacial score (nSPS) is 12.0. The van der Waals surface area contributed by atoms with Crippen molar-refractivity contribution < 1.29 is 4.79 Å². The van der Waals surface area contributed by atoms with Gasteiger partial charge in [0.1, 0.15) is 5.15 Å². The second kappa shape index (κ2) is 6.33. The Morgan fingerprint density at radius 3 is 2.52 bits per heavy atom. The van der Waals surface area contributed by atoms with Gasteiger partial charge >= 0.3 is 0 Å². The predicted octanol–water partition coefficient (Wildman–Crippen LogP) is 3.80. The zero-order valence-electron chi connectivity index (χ0n) is 11.7. The van der Waals surface area contributed by atoms with E-state index in [0.717, 1.165) is 5.56 Å². The summed E-state index contributed by atoms with van der Waals surface area (Å²) in [5, 5.41) is 0.798. The molecule has 0 aliphatic heterocycles. The van der Waals surface area contributed by atoms with E-state index in [1.807, 2.05) is 19.1 Å². The van der Waals surface area contributed by atoms with E-state index in [-0.39, 0.29) is 17.1 Å². The second-order valence-corrected chi connectivity index (χ2v) is 5.55. The highest BCUT2D eigenvalue weighted by Gasteiger charge is 2.21. The van der Waals surface area contributed by atoms with E-state index >= 15 is 0 Å². The number of halogens is 2. The van der Waals surface area contributed by atoms with E-state index in [1.165, 1.54) is 12.3 Å². The molecule has 1 atom stereocenters. The fourth-order valence-corrected chi connectivity index (χ4v) is 2.26. The number of nitrogen functional groups attached to an aromatic ring is 1. The summed E-state index contributed by atoms with van der Waals surface area (Å²) in [7, 11) is 1.71. The number of nitrogens with zero attached hydrogens (tertiary/aromatic N) is 2. The number of hydrogen-bond donors (Lipinski definition) is 1. The van der Waals surface area contributed by atoms with Crippen molar-refractivity contribution in [2.45, 2.75) is 13.0 Å². The summed E-state index contributed by atoms with van der Waals surface area (Å²) in [6.07, 6.45) is 1.42. The summed E-state index contributed by atoms with van der Waals surface area (Å²) in [5.74, 6) is -0.234. The molecule has 2 N–H and O–H groups in total. The highest BCUT2D eigenvalue weighted by atomic mass is 35.5. The third kappa shape index (κ3) is 3.46. The monoisotopic (exact) mass is 323 g/mol. The maximum absolute atomic E-state index is 12.5. The van der Waals surface area contributed by atoms with Crippen LogP contribution in [0.1, 0.15) is 28.9 Å². The van der Waals surface area contributed by atoms with E-state index in [0.29, 0.717) is 16.3 Å². The molecule has 1 unspecified atom stereocenters. The average molecular weight is 324 g/mol. The number of rotatable bonds is 3. The van der Waals surface area contributed by atoms with Gasteiger partial charge in [0.2, 0.25) is 0 Å². The van der Waals surface area contributed by atoms with Crippen LogP contribution >= 0.6 is 23.2 Å². The zero-order chi connectivity index (χ0) is 15.6. The fraction of sp³-hybridized carbons (Fsp3) is 0.200. The highest BCUT2D eigenvalue weighted by molar-refractivity contribution is 6.32. The van der Waals surface area contributed by atoms with Gasteiger partial charge in [0.25, 0.3) is 5.91 Å². The molecular formula is C15H15Cl2N3O. The lowest BCUT2D eigenvalue weighted by Crippen LogP contribution is -2.30. The number of carbonyl (C=O) groups excluding carboxylic acids is 1. The molecule has 2 aromatic rings. The highest BCUT2D eigenvalue weighted by Crippen LogP contribution is 2.24. The smallest absolute Gasteiger partial charge is 0.257 e. The van der Waals surface area contributed by atoms with E-state index in [9.17, 15) is 4.79 Å². The van der Waals surface area contributed by atoms with E-state index < -0.39 is 0 Å². The van der Waals surface area contributed by atoms with E-state index in [2.05, 4.69) is 4.98 Å². The molecule has 0 saturated carbocycles. The van der Waals surface area contributed by atoms with Crippen LogP contribution in [0.15, 0.2) is 36.5 Å². The van der Waals surface area contributed by atoms with Gasteiger partial charge < -0.3 is 10.6 Å². The molecule has 0 aliphatic carbocycles. The Hall–Kier alpha value is -1.78. The zero-order valence-corrected chi connectivity index (χ0v) is 13.2. The maximum Gasteiger partial charge on any atom is 0.257 e. The van der Waals surface area contributed by atoms with Gasteiger partial charge in [-0.1, -0.05) is 35.3 Å². The van der Waals surface area contributed by atoms with Crippen molar-refractivity contribution in [2.24, 2.45) is 0 Å². The minimum Gasteiger partial charge on any atom is -0.397 e. The number of pyridine rings is 1. The van der Waals surface area contributed by atoms with Crippen LogP contribution in [0.2, 0.25) is 10.2 Å². The molecule has 0 saturated heterocycles. The molecule has 2 rings (SSSR count). The van der Waals surface area contributed by atoms with Crippen LogP contribution in [0.4, 0.5) is 5.69 Å². The summed E-state index contributed by atoms with van der Waals surface area (Å²) in [6.45, 7) is 1.93. The van der Waals surface area contributed by atoms with Gasteiger partial charge in [-0.15, -0.1) is 0 Å². The van der Waals surface area contributed by atoms with Crippen LogP contribution in [0.5, 0.6) is 0 Å². The Kier molecular flexibility index (Phi) is 4.70. The predicted molar refractivity (Wildman–Crippen MR) is 85.6 cm³/mol. The third-order valence-electron chi connectivity index (χ3n) is 3.34. The van der Waals surface area contributed by atoms with Crippen molar-refractivity contribution in [1.29, 1.82) is 0 Å². The average Bonchev–Trinajstić information content (AvgIpc) is 2.48. The molecule has 1 heterocycles. The molecule has 1 amide bonds. The van der Waals surface area contributed by atoms with Crippen LogP contribution < -0.4 is 5.73 Å². The second-order valence-electron chi connectivity index (χ2n) is 4.75. The van der Waals surface area contributed by atoms with Crippen LogP contribution in [-0.4, -0.2) is 22.8 Å². The number of hydrogen-bond acceptors (Lipinski definition) is 3. The van der Waals surface area contributed by atoms with Gasteiger partial charge in [0.15, 0.2) is 0 Å². The standard InChI is InChI=1S/C15H15Cl2N3O/c1-9(10-3-5-11(16)6-4-10)20(2)15(21)13-7-12(18)8-19-14(13)17/h3-9H,18H2,1-2H3. The molecule has 0 radical (unpaired) electrons. The molecule has 1 aromatic carbocycles. The van der Waals surface area contributed by atoms with Gasteiger partial charge in [-0.2, -0.15) is 0 Å². The Bertz CT molecular complexity index is 658. The van der Waals surface area contributed by atoms with E-state index in [1.54, 1.807) is 24.1 Å². The van der Waals surface area contributed by atoms with Crippen molar-refractivity contribution in [2.75, 3.05) is 12.8 Å².